The molecule has 0 bridgehead atoms. The molecule has 0 heterocycles. The second-order valence-corrected chi connectivity index (χ2v) is 3.34. The van der Waals surface area contributed by atoms with Gasteiger partial charge in [0.25, 0.3) is 0 Å². The first-order chi connectivity index (χ1) is 5.88. The Bertz CT molecular complexity index is 271. The van der Waals surface area contributed by atoms with Crippen molar-refractivity contribution in [2.24, 2.45) is 11.8 Å². The molecule has 0 aliphatic heterocycles. The van der Waals surface area contributed by atoms with Gasteiger partial charge in [-0.3, -0.25) is 4.79 Å². The maximum Gasteiger partial charge on any atom is 0.162 e. The molecule has 2 aliphatic carbocycles. The van der Waals surface area contributed by atoms with Crippen LogP contribution >= 0.6 is 0 Å². The van der Waals surface area contributed by atoms with Crippen LogP contribution in [0.3, 0.4) is 0 Å². The highest BCUT2D eigenvalue weighted by Gasteiger charge is 2.24. The molecule has 0 aromatic heterocycles. The summed E-state index contributed by atoms with van der Waals surface area (Å²) in [6.07, 6.45) is 14.0. The Hall–Kier alpha value is -1.11. The molecule has 2 rings (SSSR count). The van der Waals surface area contributed by atoms with Gasteiger partial charge in [0.1, 0.15) is 0 Å². The zero-order valence-corrected chi connectivity index (χ0v) is 6.94. The first kappa shape index (κ1) is 7.53. The quantitative estimate of drug-likeness (QED) is 0.531. The summed E-state index contributed by atoms with van der Waals surface area (Å²) in [5.41, 5.74) is 0. The van der Waals surface area contributed by atoms with Crippen LogP contribution in [0.25, 0.3) is 0 Å². The molecule has 0 N–H and O–H groups in total. The Morgan fingerprint density at radius 3 is 3.00 bits per heavy atom. The van der Waals surface area contributed by atoms with Gasteiger partial charge in [-0.25, -0.2) is 0 Å². The molecule has 0 radical (unpaired) electrons. The molecule has 0 aromatic rings. The number of hydrogen-bond acceptors (Lipinski definition) is 1. The van der Waals surface area contributed by atoms with E-state index in [0.717, 1.165) is 12.8 Å². The van der Waals surface area contributed by atoms with Crippen molar-refractivity contribution >= 4 is 5.78 Å². The van der Waals surface area contributed by atoms with Crippen molar-refractivity contribution in [1.82, 2.24) is 0 Å². The van der Waals surface area contributed by atoms with Crippen LogP contribution in [-0.4, -0.2) is 5.78 Å². The molecule has 12 heavy (non-hydrogen) atoms. The number of carbonyl (C=O) groups excluding carboxylic acids is 1. The normalized spacial score (nSPS) is 33.2. The lowest BCUT2D eigenvalue weighted by atomic mass is 9.84. The van der Waals surface area contributed by atoms with Crippen molar-refractivity contribution < 1.29 is 4.79 Å². The van der Waals surface area contributed by atoms with Gasteiger partial charge in [0, 0.05) is 5.92 Å². The molecule has 0 saturated carbocycles. The van der Waals surface area contributed by atoms with Crippen molar-refractivity contribution in [2.75, 3.05) is 0 Å². The van der Waals surface area contributed by atoms with E-state index in [2.05, 4.69) is 6.08 Å². The summed E-state index contributed by atoms with van der Waals surface area (Å²) in [5, 5.41) is 0. The van der Waals surface area contributed by atoms with Crippen molar-refractivity contribution in [2.45, 2.75) is 12.8 Å². The van der Waals surface area contributed by atoms with Crippen molar-refractivity contribution in [3.8, 4) is 0 Å². The van der Waals surface area contributed by atoms with Crippen molar-refractivity contribution in [1.29, 1.82) is 0 Å². The largest absolute Gasteiger partial charge is 0.294 e. The monoisotopic (exact) mass is 160 g/mol. The van der Waals surface area contributed by atoms with Gasteiger partial charge in [-0.15, -0.1) is 0 Å². The highest BCUT2D eigenvalue weighted by Crippen LogP contribution is 2.27. The van der Waals surface area contributed by atoms with E-state index >= 15 is 0 Å². The Labute approximate surface area is 72.5 Å². The van der Waals surface area contributed by atoms with Gasteiger partial charge in [0.15, 0.2) is 5.78 Å². The molecule has 2 atom stereocenters. The molecule has 2 unspecified atom stereocenters. The minimum atomic E-state index is 0.119. The van der Waals surface area contributed by atoms with E-state index < -0.39 is 0 Å². The fourth-order valence-corrected chi connectivity index (χ4v) is 1.83. The highest BCUT2D eigenvalue weighted by atomic mass is 16.1. The van der Waals surface area contributed by atoms with E-state index in [4.69, 9.17) is 0 Å². The topological polar surface area (TPSA) is 17.1 Å². The van der Waals surface area contributed by atoms with Gasteiger partial charge in [0.05, 0.1) is 0 Å². The number of carbonyl (C=O) groups is 1. The predicted molar refractivity (Wildman–Crippen MR) is 48.6 cm³/mol. The standard InChI is InChI=1S/C11H12O/c12-11-8-4-2-6-9-5-1-3-7-10(9)11/h1,3-5,7-10H,2,6H2. The molecule has 0 saturated heterocycles. The third-order valence-electron chi connectivity index (χ3n) is 2.53. The minimum absolute atomic E-state index is 0.119. The fraction of sp³-hybridized carbons (Fsp3) is 0.364. The van der Waals surface area contributed by atoms with Crippen LogP contribution in [0.4, 0.5) is 0 Å². The number of hydrogen-bond donors (Lipinski definition) is 0. The van der Waals surface area contributed by atoms with E-state index in [0.29, 0.717) is 5.92 Å². The maximum absolute atomic E-state index is 11.5. The van der Waals surface area contributed by atoms with Gasteiger partial charge in [-0.2, -0.15) is 0 Å². The second-order valence-electron chi connectivity index (χ2n) is 3.34. The van der Waals surface area contributed by atoms with Crippen LogP contribution in [0, 0.1) is 11.8 Å². The SMILES string of the molecule is O=C1C=CCCC2C=CC=CC12. The summed E-state index contributed by atoms with van der Waals surface area (Å²) in [6, 6.07) is 0. The van der Waals surface area contributed by atoms with Crippen LogP contribution in [0.2, 0.25) is 0 Å². The zero-order chi connectivity index (χ0) is 8.39. The molecule has 1 heteroatoms. The van der Waals surface area contributed by atoms with Crippen molar-refractivity contribution in [3.05, 3.63) is 36.5 Å². The molecule has 0 spiro atoms. The lowest BCUT2D eigenvalue weighted by molar-refractivity contribution is -0.117. The van der Waals surface area contributed by atoms with Crippen LogP contribution in [-0.2, 0) is 4.79 Å². The van der Waals surface area contributed by atoms with Gasteiger partial charge >= 0.3 is 0 Å². The Kier molecular flexibility index (Phi) is 1.94. The van der Waals surface area contributed by atoms with Gasteiger partial charge < -0.3 is 0 Å². The zero-order valence-electron chi connectivity index (χ0n) is 6.94. The lowest BCUT2D eigenvalue weighted by Gasteiger charge is -2.19. The van der Waals surface area contributed by atoms with Gasteiger partial charge in [-0.1, -0.05) is 30.4 Å². The molecular weight excluding hydrogens is 148 g/mol. The van der Waals surface area contributed by atoms with E-state index in [9.17, 15) is 4.79 Å². The molecule has 62 valence electrons. The summed E-state index contributed by atoms with van der Waals surface area (Å²) in [7, 11) is 0. The Balaban J connectivity index is 2.26. The van der Waals surface area contributed by atoms with Crippen LogP contribution < -0.4 is 0 Å². The van der Waals surface area contributed by atoms with Crippen molar-refractivity contribution in [3.63, 3.8) is 0 Å². The van der Waals surface area contributed by atoms with Crippen LogP contribution in [0.5, 0.6) is 0 Å². The predicted octanol–water partition coefficient (Wildman–Crippen LogP) is 2.26. The minimum Gasteiger partial charge on any atom is -0.294 e. The van der Waals surface area contributed by atoms with Crippen LogP contribution in [0.15, 0.2) is 36.5 Å². The summed E-state index contributed by atoms with van der Waals surface area (Å²) >= 11 is 0. The Morgan fingerprint density at radius 2 is 2.08 bits per heavy atom. The summed E-state index contributed by atoms with van der Waals surface area (Å²) in [6.45, 7) is 0. The summed E-state index contributed by atoms with van der Waals surface area (Å²) in [5.74, 6) is 0.823. The molecular formula is C11H12O. The molecule has 0 aromatic carbocycles. The molecule has 1 nitrogen and oxygen atoms in total. The average molecular weight is 160 g/mol. The smallest absolute Gasteiger partial charge is 0.162 e. The van der Waals surface area contributed by atoms with E-state index in [1.54, 1.807) is 6.08 Å². The van der Waals surface area contributed by atoms with Gasteiger partial charge in [0.2, 0.25) is 0 Å². The maximum atomic E-state index is 11.5. The number of rotatable bonds is 0. The molecule has 2 aliphatic rings. The first-order valence-corrected chi connectivity index (χ1v) is 4.43. The van der Waals surface area contributed by atoms with E-state index in [-0.39, 0.29) is 11.7 Å². The summed E-state index contributed by atoms with van der Waals surface area (Å²) in [4.78, 5) is 11.5. The molecule has 0 amide bonds. The number of ketones is 1. The van der Waals surface area contributed by atoms with E-state index in [1.165, 1.54) is 0 Å². The Morgan fingerprint density at radius 1 is 1.25 bits per heavy atom. The first-order valence-electron chi connectivity index (χ1n) is 4.43. The second kappa shape index (κ2) is 3.10. The third-order valence-corrected chi connectivity index (χ3v) is 2.53. The summed E-state index contributed by atoms with van der Waals surface area (Å²) < 4.78 is 0. The molecule has 0 fully saturated rings. The highest BCUT2D eigenvalue weighted by molar-refractivity contribution is 5.93. The van der Waals surface area contributed by atoms with E-state index in [1.807, 2.05) is 24.3 Å². The third kappa shape index (κ3) is 1.27. The lowest BCUT2D eigenvalue weighted by Crippen LogP contribution is -2.19. The van der Waals surface area contributed by atoms with Crippen LogP contribution in [0.1, 0.15) is 12.8 Å². The van der Waals surface area contributed by atoms with Gasteiger partial charge in [-0.05, 0) is 24.8 Å². The fourth-order valence-electron chi connectivity index (χ4n) is 1.83. The average Bonchev–Trinajstić information content (AvgIpc) is 2.29. The number of fused-ring (bicyclic) bond motifs is 1. The number of allylic oxidation sites excluding steroid dienone is 6.